The molecule has 3 atom stereocenters. The second-order valence-corrected chi connectivity index (χ2v) is 8.41. The van der Waals surface area contributed by atoms with Crippen molar-refractivity contribution in [1.82, 2.24) is 5.32 Å². The summed E-state index contributed by atoms with van der Waals surface area (Å²) in [4.78, 5) is -0.160. The summed E-state index contributed by atoms with van der Waals surface area (Å²) in [5.74, 6) is 0. The summed E-state index contributed by atoms with van der Waals surface area (Å²) in [5.41, 5.74) is 0. The van der Waals surface area contributed by atoms with E-state index in [4.69, 9.17) is 0 Å². The first kappa shape index (κ1) is 10.8. The lowest BCUT2D eigenvalue weighted by Crippen LogP contribution is -2.47. The molecule has 14 heavy (non-hydrogen) atoms. The Kier molecular flexibility index (Phi) is 2.60. The van der Waals surface area contributed by atoms with Gasteiger partial charge >= 0.3 is 0 Å². The third kappa shape index (κ3) is 1.70. The van der Waals surface area contributed by atoms with Crippen LogP contribution in [0.3, 0.4) is 0 Å². The van der Waals surface area contributed by atoms with E-state index < -0.39 is 9.84 Å². The first-order valence-electron chi connectivity index (χ1n) is 5.06. The molecule has 1 spiro atoms. The van der Waals surface area contributed by atoms with Gasteiger partial charge in [0.05, 0.1) is 10.1 Å². The van der Waals surface area contributed by atoms with Crippen LogP contribution in [0.25, 0.3) is 0 Å². The molecule has 5 heteroatoms. The van der Waals surface area contributed by atoms with Crippen molar-refractivity contribution in [2.24, 2.45) is 0 Å². The van der Waals surface area contributed by atoms with Crippen LogP contribution in [0.15, 0.2) is 0 Å². The highest BCUT2D eigenvalue weighted by Gasteiger charge is 2.51. The van der Waals surface area contributed by atoms with Crippen LogP contribution >= 0.6 is 11.8 Å². The Labute approximate surface area is 89.9 Å². The van der Waals surface area contributed by atoms with Crippen molar-refractivity contribution < 1.29 is 8.42 Å². The van der Waals surface area contributed by atoms with Crippen LogP contribution in [-0.2, 0) is 9.84 Å². The van der Waals surface area contributed by atoms with Gasteiger partial charge in [-0.15, -0.1) is 11.8 Å². The Morgan fingerprint density at radius 2 is 2.21 bits per heavy atom. The Bertz CT molecular complexity index is 328. The quantitative estimate of drug-likeness (QED) is 0.736. The van der Waals surface area contributed by atoms with E-state index in [1.165, 1.54) is 6.26 Å². The lowest BCUT2D eigenvalue weighted by atomic mass is 10.2. The average molecular weight is 235 g/mol. The molecule has 82 valence electrons. The second kappa shape index (κ2) is 3.39. The summed E-state index contributed by atoms with van der Waals surface area (Å²) in [5, 5.41) is 3.79. The molecule has 2 rings (SSSR count). The van der Waals surface area contributed by atoms with Gasteiger partial charge in [0.2, 0.25) is 0 Å². The minimum Gasteiger partial charge on any atom is -0.301 e. The Balaban J connectivity index is 2.27. The van der Waals surface area contributed by atoms with Gasteiger partial charge in [0.25, 0.3) is 0 Å². The molecule has 1 saturated carbocycles. The van der Waals surface area contributed by atoms with Crippen molar-refractivity contribution in [3.63, 3.8) is 0 Å². The molecular weight excluding hydrogens is 218 g/mol. The van der Waals surface area contributed by atoms with E-state index in [2.05, 4.69) is 12.2 Å². The van der Waals surface area contributed by atoms with Crippen molar-refractivity contribution in [3.8, 4) is 0 Å². The van der Waals surface area contributed by atoms with Crippen molar-refractivity contribution in [2.75, 3.05) is 12.8 Å². The highest BCUT2D eigenvalue weighted by atomic mass is 32.2. The predicted octanol–water partition coefficient (Wildman–Crippen LogP) is 1.00. The van der Waals surface area contributed by atoms with Crippen LogP contribution in [0.2, 0.25) is 0 Å². The number of rotatable bonds is 1. The van der Waals surface area contributed by atoms with Gasteiger partial charge in [-0.1, -0.05) is 6.92 Å². The third-order valence-corrected chi connectivity index (χ3v) is 6.60. The summed E-state index contributed by atoms with van der Waals surface area (Å²) >= 11 is 1.82. The summed E-state index contributed by atoms with van der Waals surface area (Å²) in [6, 6.07) is 0. The first-order valence-corrected chi connectivity index (χ1v) is 7.89. The predicted molar refractivity (Wildman–Crippen MR) is 60.3 cm³/mol. The molecule has 0 amide bonds. The molecule has 1 N–H and O–H groups in total. The van der Waals surface area contributed by atoms with Crippen LogP contribution in [-0.4, -0.2) is 36.6 Å². The number of hydrogen-bond acceptors (Lipinski definition) is 4. The van der Waals surface area contributed by atoms with E-state index >= 15 is 0 Å². The molecule has 0 aromatic rings. The maximum absolute atomic E-state index is 11.6. The van der Waals surface area contributed by atoms with E-state index in [-0.39, 0.29) is 10.1 Å². The van der Waals surface area contributed by atoms with Crippen LogP contribution in [0, 0.1) is 0 Å². The highest BCUT2D eigenvalue weighted by molar-refractivity contribution is 8.02. The normalized spacial score (nSPS) is 43.6. The molecule has 0 aromatic heterocycles. The molecule has 2 aliphatic rings. The van der Waals surface area contributed by atoms with Gasteiger partial charge in [-0.25, -0.2) is 8.42 Å². The summed E-state index contributed by atoms with van der Waals surface area (Å²) in [6.45, 7) is 3.10. The van der Waals surface area contributed by atoms with Gasteiger partial charge in [0, 0.05) is 18.1 Å². The van der Waals surface area contributed by atoms with Crippen LogP contribution in [0.1, 0.15) is 26.2 Å². The fraction of sp³-hybridized carbons (Fsp3) is 1.00. The van der Waals surface area contributed by atoms with Gasteiger partial charge in [0.1, 0.15) is 0 Å². The molecule has 3 unspecified atom stereocenters. The van der Waals surface area contributed by atoms with Gasteiger partial charge < -0.3 is 5.32 Å². The molecule has 0 aromatic carbocycles. The number of thioether (sulfide) groups is 1. The van der Waals surface area contributed by atoms with E-state index in [9.17, 15) is 8.42 Å². The molecular formula is C9H17NO2S2. The largest absolute Gasteiger partial charge is 0.301 e. The molecule has 3 nitrogen and oxygen atoms in total. The lowest BCUT2D eigenvalue weighted by molar-refractivity contribution is 0.496. The zero-order valence-electron chi connectivity index (χ0n) is 8.62. The van der Waals surface area contributed by atoms with Crippen LogP contribution < -0.4 is 5.32 Å². The van der Waals surface area contributed by atoms with Gasteiger partial charge in [-0.3, -0.25) is 0 Å². The Hall–Kier alpha value is 0.260. The molecule has 1 saturated heterocycles. The van der Waals surface area contributed by atoms with Crippen molar-refractivity contribution >= 4 is 21.6 Å². The zero-order chi connectivity index (χ0) is 10.4. The Morgan fingerprint density at radius 3 is 2.71 bits per heavy atom. The molecule has 0 bridgehead atoms. The van der Waals surface area contributed by atoms with E-state index in [0.29, 0.717) is 5.25 Å². The van der Waals surface area contributed by atoms with Crippen molar-refractivity contribution in [2.45, 2.75) is 41.6 Å². The maximum Gasteiger partial charge on any atom is 0.152 e. The SMILES string of the molecule is CC1CNC2(CCCC2S(C)(=O)=O)S1. The van der Waals surface area contributed by atoms with Crippen molar-refractivity contribution in [3.05, 3.63) is 0 Å². The summed E-state index contributed by atoms with van der Waals surface area (Å²) < 4.78 is 23.3. The topological polar surface area (TPSA) is 46.2 Å². The summed E-state index contributed by atoms with van der Waals surface area (Å²) in [7, 11) is -2.90. The van der Waals surface area contributed by atoms with E-state index in [1.807, 2.05) is 11.8 Å². The van der Waals surface area contributed by atoms with Gasteiger partial charge in [0.15, 0.2) is 9.84 Å². The zero-order valence-corrected chi connectivity index (χ0v) is 10.2. The molecule has 1 heterocycles. The smallest absolute Gasteiger partial charge is 0.152 e. The number of hydrogen-bond donors (Lipinski definition) is 1. The number of sulfone groups is 1. The van der Waals surface area contributed by atoms with Crippen LogP contribution in [0.4, 0.5) is 0 Å². The second-order valence-electron chi connectivity index (χ2n) is 4.41. The van der Waals surface area contributed by atoms with Crippen molar-refractivity contribution in [1.29, 1.82) is 0 Å². The van der Waals surface area contributed by atoms with E-state index in [0.717, 1.165) is 25.8 Å². The maximum atomic E-state index is 11.6. The minimum absolute atomic E-state index is 0.160. The van der Waals surface area contributed by atoms with Crippen LogP contribution in [0.5, 0.6) is 0 Å². The van der Waals surface area contributed by atoms with E-state index in [1.54, 1.807) is 0 Å². The highest BCUT2D eigenvalue weighted by Crippen LogP contribution is 2.47. The lowest BCUT2D eigenvalue weighted by Gasteiger charge is -2.29. The number of nitrogens with one attached hydrogen (secondary N) is 1. The monoisotopic (exact) mass is 235 g/mol. The average Bonchev–Trinajstić information content (AvgIpc) is 2.59. The van der Waals surface area contributed by atoms with Gasteiger partial charge in [-0.2, -0.15) is 0 Å². The van der Waals surface area contributed by atoms with Gasteiger partial charge in [-0.05, 0) is 19.3 Å². The summed E-state index contributed by atoms with van der Waals surface area (Å²) in [6.07, 6.45) is 4.23. The minimum atomic E-state index is -2.90. The molecule has 2 fully saturated rings. The molecule has 1 aliphatic heterocycles. The standard InChI is InChI=1S/C9H17NO2S2/c1-7-6-10-9(13-7)5-3-4-8(9)14(2,11)12/h7-8,10H,3-6H2,1-2H3. The Morgan fingerprint density at radius 1 is 1.50 bits per heavy atom. The first-order chi connectivity index (χ1) is 6.44. The molecule has 1 aliphatic carbocycles. The molecule has 0 radical (unpaired) electrons. The fourth-order valence-corrected chi connectivity index (χ4v) is 6.36. The third-order valence-electron chi connectivity index (χ3n) is 3.15. The fourth-order valence-electron chi connectivity index (χ4n) is 2.60.